The van der Waals surface area contributed by atoms with Crippen molar-refractivity contribution in [2.24, 2.45) is 4.99 Å². The molecule has 1 aromatic heterocycles. The number of aryl methyl sites for hydroxylation is 1. The van der Waals surface area contributed by atoms with Crippen molar-refractivity contribution < 1.29 is 14.2 Å². The van der Waals surface area contributed by atoms with Crippen molar-refractivity contribution in [1.82, 2.24) is 15.2 Å². The lowest BCUT2D eigenvalue weighted by atomic mass is 10.1. The summed E-state index contributed by atoms with van der Waals surface area (Å²) in [7, 11) is 5.25. The van der Waals surface area contributed by atoms with Crippen LogP contribution in [0.15, 0.2) is 11.2 Å². The predicted molar refractivity (Wildman–Crippen MR) is 123 cm³/mol. The molecule has 1 fully saturated rings. The Morgan fingerprint density at radius 1 is 1.25 bits per heavy atom. The van der Waals surface area contributed by atoms with Gasteiger partial charge in [0.2, 0.25) is 0 Å². The summed E-state index contributed by atoms with van der Waals surface area (Å²) in [5.74, 6) is 1.82. The molecule has 2 heterocycles. The highest BCUT2D eigenvalue weighted by atomic mass is 127. The largest absolute Gasteiger partial charge is 0.496 e. The highest BCUT2D eigenvalue weighted by Gasteiger charge is 2.22. The summed E-state index contributed by atoms with van der Waals surface area (Å²) in [5, 5.41) is 3.44. The third-order valence-electron chi connectivity index (χ3n) is 4.96. The lowest BCUT2D eigenvalue weighted by molar-refractivity contribution is 0.00989. The predicted octanol–water partition coefficient (Wildman–Crippen LogP) is 2.92. The van der Waals surface area contributed by atoms with Crippen LogP contribution < -0.4 is 10.1 Å². The number of aliphatic imine (C=N–C) groups is 1. The molecule has 0 saturated carbocycles. The minimum atomic E-state index is 0. The Bertz CT molecular complexity index is 620. The molecule has 0 radical (unpaired) electrons. The summed E-state index contributed by atoms with van der Waals surface area (Å²) in [6.07, 6.45) is 5.18. The molecule has 0 aromatic carbocycles. The van der Waals surface area contributed by atoms with Crippen molar-refractivity contribution in [3.05, 3.63) is 23.0 Å². The number of methoxy groups -OCH3 is 2. The average Bonchev–Trinajstić information content (AvgIpc) is 2.68. The molecule has 0 spiro atoms. The summed E-state index contributed by atoms with van der Waals surface area (Å²) in [4.78, 5) is 11.3. The van der Waals surface area contributed by atoms with Gasteiger partial charge in [-0.15, -0.1) is 24.0 Å². The normalized spacial score (nSPS) is 15.3. The topological polar surface area (TPSA) is 68.2 Å². The van der Waals surface area contributed by atoms with E-state index in [0.717, 1.165) is 74.1 Å². The maximum Gasteiger partial charge on any atom is 0.193 e. The number of halogens is 1. The van der Waals surface area contributed by atoms with Crippen LogP contribution in [-0.4, -0.2) is 69.5 Å². The first-order chi connectivity index (χ1) is 13.1. The summed E-state index contributed by atoms with van der Waals surface area (Å²) in [6, 6.07) is 0. The maximum absolute atomic E-state index is 5.94. The van der Waals surface area contributed by atoms with Crippen LogP contribution in [0, 0.1) is 13.8 Å². The second-order valence-corrected chi connectivity index (χ2v) is 6.85. The number of likely N-dealkylation sites (tertiary alicyclic amines) is 1. The Morgan fingerprint density at radius 2 is 1.96 bits per heavy atom. The van der Waals surface area contributed by atoms with Crippen LogP contribution in [0.25, 0.3) is 0 Å². The third-order valence-corrected chi connectivity index (χ3v) is 4.96. The summed E-state index contributed by atoms with van der Waals surface area (Å²) in [5.41, 5.74) is 3.11. The zero-order valence-corrected chi connectivity index (χ0v) is 20.1. The smallest absolute Gasteiger partial charge is 0.193 e. The first-order valence-electron chi connectivity index (χ1n) is 9.65. The van der Waals surface area contributed by atoms with Gasteiger partial charge in [0, 0.05) is 57.8 Å². The van der Waals surface area contributed by atoms with E-state index in [1.54, 1.807) is 14.2 Å². The van der Waals surface area contributed by atoms with E-state index >= 15 is 0 Å². The van der Waals surface area contributed by atoms with Crippen molar-refractivity contribution in [1.29, 1.82) is 0 Å². The molecule has 1 aliphatic heterocycles. The SMILES string of the molecule is CN=C(NCc1ncc(C)c(OC)c1C)N1CCC(OCCCOC)CC1.I. The first kappa shape index (κ1) is 24.9. The highest BCUT2D eigenvalue weighted by Crippen LogP contribution is 2.24. The van der Waals surface area contributed by atoms with Gasteiger partial charge in [-0.25, -0.2) is 0 Å². The molecule has 0 unspecified atom stereocenters. The Hall–Kier alpha value is -1.13. The lowest BCUT2D eigenvalue weighted by Crippen LogP contribution is -2.46. The van der Waals surface area contributed by atoms with Gasteiger partial charge in [0.25, 0.3) is 0 Å². The minimum Gasteiger partial charge on any atom is -0.496 e. The molecular weight excluding hydrogens is 471 g/mol. The summed E-state index contributed by atoms with van der Waals surface area (Å²) in [6.45, 7) is 8.10. The van der Waals surface area contributed by atoms with Crippen molar-refractivity contribution in [3.8, 4) is 5.75 Å². The van der Waals surface area contributed by atoms with Gasteiger partial charge in [-0.05, 0) is 33.1 Å². The first-order valence-corrected chi connectivity index (χ1v) is 9.65. The second-order valence-electron chi connectivity index (χ2n) is 6.85. The van der Waals surface area contributed by atoms with Crippen LogP contribution in [0.3, 0.4) is 0 Å². The molecule has 0 atom stereocenters. The van der Waals surface area contributed by atoms with Crippen molar-refractivity contribution >= 4 is 29.9 Å². The molecule has 0 bridgehead atoms. The van der Waals surface area contributed by atoms with Gasteiger partial charge in [-0.2, -0.15) is 0 Å². The van der Waals surface area contributed by atoms with Crippen molar-refractivity contribution in [2.75, 3.05) is 47.6 Å². The van der Waals surface area contributed by atoms with Gasteiger partial charge in [-0.1, -0.05) is 0 Å². The fraction of sp³-hybridized carbons (Fsp3) is 0.700. The van der Waals surface area contributed by atoms with E-state index < -0.39 is 0 Å². The molecular formula is C20H35IN4O3. The molecule has 1 saturated heterocycles. The van der Waals surface area contributed by atoms with Crippen LogP contribution in [0.1, 0.15) is 36.1 Å². The number of aromatic nitrogens is 1. The summed E-state index contributed by atoms with van der Waals surface area (Å²) >= 11 is 0. The molecule has 0 aliphatic carbocycles. The molecule has 28 heavy (non-hydrogen) atoms. The van der Waals surface area contributed by atoms with E-state index in [4.69, 9.17) is 14.2 Å². The molecule has 160 valence electrons. The molecule has 7 nitrogen and oxygen atoms in total. The van der Waals surface area contributed by atoms with E-state index in [2.05, 4.69) is 20.2 Å². The number of rotatable bonds is 8. The molecule has 0 amide bonds. The number of ether oxygens (including phenoxy) is 3. The standard InChI is InChI=1S/C20H34N4O3.HI/c1-15-13-22-18(16(2)19(15)26-5)14-23-20(21-3)24-9-7-17(8-10-24)27-12-6-11-25-4;/h13,17H,6-12,14H2,1-5H3,(H,21,23);1H. The Balaban J connectivity index is 0.00000392. The van der Waals surface area contributed by atoms with E-state index in [1.807, 2.05) is 27.1 Å². The van der Waals surface area contributed by atoms with Gasteiger partial charge in [0.05, 0.1) is 25.5 Å². The number of guanidine groups is 1. The Morgan fingerprint density at radius 3 is 2.57 bits per heavy atom. The maximum atomic E-state index is 5.94. The number of piperidine rings is 1. The zero-order valence-electron chi connectivity index (χ0n) is 17.8. The van der Waals surface area contributed by atoms with E-state index in [0.29, 0.717) is 12.6 Å². The molecule has 8 heteroatoms. The van der Waals surface area contributed by atoms with Crippen molar-refractivity contribution in [3.63, 3.8) is 0 Å². The van der Waals surface area contributed by atoms with Gasteiger partial charge < -0.3 is 24.4 Å². The van der Waals surface area contributed by atoms with Crippen LogP contribution in [-0.2, 0) is 16.0 Å². The number of hydrogen-bond donors (Lipinski definition) is 1. The lowest BCUT2D eigenvalue weighted by Gasteiger charge is -2.34. The van der Waals surface area contributed by atoms with Gasteiger partial charge >= 0.3 is 0 Å². The number of nitrogens with zero attached hydrogens (tertiary/aromatic N) is 3. The Kier molecular flexibility index (Phi) is 11.7. The molecule has 1 aliphatic rings. The Labute approximate surface area is 186 Å². The van der Waals surface area contributed by atoms with Gasteiger partial charge in [-0.3, -0.25) is 9.98 Å². The number of nitrogens with one attached hydrogen (secondary N) is 1. The highest BCUT2D eigenvalue weighted by molar-refractivity contribution is 14.0. The van der Waals surface area contributed by atoms with E-state index in [-0.39, 0.29) is 24.0 Å². The van der Waals surface area contributed by atoms with E-state index in [1.165, 1.54) is 0 Å². The molecule has 1 N–H and O–H groups in total. The summed E-state index contributed by atoms with van der Waals surface area (Å²) < 4.78 is 16.5. The van der Waals surface area contributed by atoms with Crippen LogP contribution in [0.5, 0.6) is 5.75 Å². The minimum absolute atomic E-state index is 0. The fourth-order valence-electron chi connectivity index (χ4n) is 3.43. The quantitative estimate of drug-likeness (QED) is 0.253. The average molecular weight is 506 g/mol. The zero-order chi connectivity index (χ0) is 19.6. The monoisotopic (exact) mass is 506 g/mol. The number of pyridine rings is 1. The van der Waals surface area contributed by atoms with Crippen LogP contribution in [0.4, 0.5) is 0 Å². The fourth-order valence-corrected chi connectivity index (χ4v) is 3.43. The van der Waals surface area contributed by atoms with Gasteiger partial charge in [0.1, 0.15) is 5.75 Å². The van der Waals surface area contributed by atoms with Crippen molar-refractivity contribution in [2.45, 2.75) is 45.8 Å². The van der Waals surface area contributed by atoms with E-state index in [9.17, 15) is 0 Å². The van der Waals surface area contributed by atoms with Gasteiger partial charge in [0.15, 0.2) is 5.96 Å². The van der Waals surface area contributed by atoms with Crippen LogP contribution in [0.2, 0.25) is 0 Å². The molecule has 1 aromatic rings. The third kappa shape index (κ3) is 7.04. The number of hydrogen-bond acceptors (Lipinski definition) is 5. The second kappa shape index (κ2) is 13.2. The molecule has 2 rings (SSSR count). The van der Waals surface area contributed by atoms with Crippen LogP contribution >= 0.6 is 24.0 Å².